The molecule has 2 N–H and O–H groups in total. The first-order valence-corrected chi connectivity index (χ1v) is 8.77. The van der Waals surface area contributed by atoms with Crippen molar-refractivity contribution in [1.29, 1.82) is 0 Å². The maximum atomic E-state index is 12.9. The van der Waals surface area contributed by atoms with Gasteiger partial charge in [0.05, 0.1) is 18.8 Å². The van der Waals surface area contributed by atoms with Gasteiger partial charge in [-0.15, -0.1) is 0 Å². The summed E-state index contributed by atoms with van der Waals surface area (Å²) in [5, 5.41) is 20.5. The number of ether oxygens (including phenoxy) is 1. The van der Waals surface area contributed by atoms with E-state index in [1.165, 1.54) is 6.92 Å². The molecule has 1 aromatic carbocycles. The second-order valence-electron chi connectivity index (χ2n) is 7.19. The van der Waals surface area contributed by atoms with Gasteiger partial charge in [-0.05, 0) is 64.2 Å². The standard InChI is InChI=1S/C20H28O5/c1-6-25-19(24)20(14(5)21)10-17(23)16(22)9-15(20)18-12(3)7-11(2)8-13(18)4/h7-8,15-17,22-23H,6,9-10H2,1-5H3. The fraction of sp³-hybridized carbons (Fsp3) is 0.600. The Kier molecular flexibility index (Phi) is 5.69. The Bertz CT molecular complexity index is 658. The van der Waals surface area contributed by atoms with Crippen LogP contribution in [-0.2, 0) is 14.3 Å². The zero-order valence-corrected chi connectivity index (χ0v) is 15.6. The summed E-state index contributed by atoms with van der Waals surface area (Å²) in [5.74, 6) is -1.47. The smallest absolute Gasteiger partial charge is 0.320 e. The van der Waals surface area contributed by atoms with Gasteiger partial charge >= 0.3 is 5.97 Å². The molecule has 1 aliphatic carbocycles. The summed E-state index contributed by atoms with van der Waals surface area (Å²) in [5.41, 5.74) is 2.46. The molecule has 0 saturated heterocycles. The molecule has 0 aliphatic heterocycles. The number of benzene rings is 1. The molecule has 4 atom stereocenters. The molecule has 0 heterocycles. The van der Waals surface area contributed by atoms with E-state index >= 15 is 0 Å². The maximum Gasteiger partial charge on any atom is 0.320 e. The molecule has 25 heavy (non-hydrogen) atoms. The Morgan fingerprint density at radius 3 is 2.20 bits per heavy atom. The van der Waals surface area contributed by atoms with Crippen molar-refractivity contribution in [2.75, 3.05) is 6.61 Å². The van der Waals surface area contributed by atoms with Crippen LogP contribution in [0, 0.1) is 26.2 Å². The summed E-state index contributed by atoms with van der Waals surface area (Å²) in [6.45, 7) is 9.11. The molecule has 0 spiro atoms. The van der Waals surface area contributed by atoms with E-state index in [2.05, 4.69) is 0 Å². The average Bonchev–Trinajstić information content (AvgIpc) is 2.49. The van der Waals surface area contributed by atoms with Crippen molar-refractivity contribution in [1.82, 2.24) is 0 Å². The zero-order chi connectivity index (χ0) is 18.9. The second-order valence-corrected chi connectivity index (χ2v) is 7.19. The van der Waals surface area contributed by atoms with Gasteiger partial charge in [0.2, 0.25) is 0 Å². The minimum absolute atomic E-state index is 0.125. The fourth-order valence-electron chi connectivity index (χ4n) is 4.33. The van der Waals surface area contributed by atoms with Crippen LogP contribution in [0.2, 0.25) is 0 Å². The van der Waals surface area contributed by atoms with Crippen LogP contribution < -0.4 is 0 Å². The van der Waals surface area contributed by atoms with E-state index in [1.807, 2.05) is 32.9 Å². The van der Waals surface area contributed by atoms with Crippen LogP contribution in [0.15, 0.2) is 12.1 Å². The van der Waals surface area contributed by atoms with Crippen LogP contribution in [0.4, 0.5) is 0 Å². The molecule has 0 aromatic heterocycles. The second kappa shape index (κ2) is 7.26. The van der Waals surface area contributed by atoms with Crippen molar-refractivity contribution >= 4 is 11.8 Å². The molecule has 1 aliphatic rings. The molecule has 5 nitrogen and oxygen atoms in total. The van der Waals surface area contributed by atoms with Crippen LogP contribution in [0.5, 0.6) is 0 Å². The van der Waals surface area contributed by atoms with Gasteiger partial charge in [0.15, 0.2) is 0 Å². The number of aliphatic hydroxyl groups is 2. The van der Waals surface area contributed by atoms with Gasteiger partial charge in [-0.1, -0.05) is 17.7 Å². The molecule has 138 valence electrons. The number of rotatable bonds is 4. The molecule has 1 saturated carbocycles. The predicted octanol–water partition coefficient (Wildman–Crippen LogP) is 2.35. The number of hydrogen-bond donors (Lipinski definition) is 2. The van der Waals surface area contributed by atoms with E-state index in [0.29, 0.717) is 0 Å². The van der Waals surface area contributed by atoms with Crippen molar-refractivity contribution in [2.24, 2.45) is 5.41 Å². The van der Waals surface area contributed by atoms with Gasteiger partial charge in [-0.25, -0.2) is 0 Å². The molecule has 1 fully saturated rings. The van der Waals surface area contributed by atoms with Crippen LogP contribution in [0.1, 0.15) is 54.9 Å². The van der Waals surface area contributed by atoms with Crippen molar-refractivity contribution in [3.8, 4) is 0 Å². The Labute approximate surface area is 149 Å². The lowest BCUT2D eigenvalue weighted by atomic mass is 9.59. The Morgan fingerprint density at radius 2 is 1.72 bits per heavy atom. The third-order valence-corrected chi connectivity index (χ3v) is 5.40. The Balaban J connectivity index is 2.69. The number of aliphatic hydroxyl groups excluding tert-OH is 2. The third kappa shape index (κ3) is 3.35. The van der Waals surface area contributed by atoms with Crippen molar-refractivity contribution in [3.05, 3.63) is 34.4 Å². The average molecular weight is 348 g/mol. The minimum Gasteiger partial charge on any atom is -0.465 e. The van der Waals surface area contributed by atoms with Gasteiger partial charge < -0.3 is 14.9 Å². The quantitative estimate of drug-likeness (QED) is 0.644. The number of Topliss-reactive ketones (excluding diaryl/α,β-unsaturated/α-hetero) is 1. The summed E-state index contributed by atoms with van der Waals surface area (Å²) < 4.78 is 5.23. The summed E-state index contributed by atoms with van der Waals surface area (Å²) in [4.78, 5) is 25.5. The van der Waals surface area contributed by atoms with E-state index < -0.39 is 29.5 Å². The van der Waals surface area contributed by atoms with E-state index in [-0.39, 0.29) is 25.2 Å². The molecule has 0 amide bonds. The number of esters is 1. The van der Waals surface area contributed by atoms with Crippen LogP contribution in [0.25, 0.3) is 0 Å². The first-order chi connectivity index (χ1) is 11.6. The molecule has 1 aromatic rings. The van der Waals surface area contributed by atoms with Crippen LogP contribution >= 0.6 is 0 Å². The molecule has 5 heteroatoms. The van der Waals surface area contributed by atoms with Gasteiger partial charge in [-0.2, -0.15) is 0 Å². The minimum atomic E-state index is -1.47. The summed E-state index contributed by atoms with van der Waals surface area (Å²) in [6, 6.07) is 4.02. The lowest BCUT2D eigenvalue weighted by molar-refractivity contribution is -0.170. The number of carbonyl (C=O) groups excluding carboxylic acids is 2. The van der Waals surface area contributed by atoms with E-state index in [9.17, 15) is 19.8 Å². The van der Waals surface area contributed by atoms with E-state index in [1.54, 1.807) is 6.92 Å². The summed E-state index contributed by atoms with van der Waals surface area (Å²) in [7, 11) is 0. The van der Waals surface area contributed by atoms with Gasteiger partial charge in [-0.3, -0.25) is 9.59 Å². The molecule has 0 radical (unpaired) electrons. The number of hydrogen-bond acceptors (Lipinski definition) is 5. The number of carbonyl (C=O) groups is 2. The largest absolute Gasteiger partial charge is 0.465 e. The van der Waals surface area contributed by atoms with Crippen LogP contribution in [0.3, 0.4) is 0 Å². The summed E-state index contributed by atoms with van der Waals surface area (Å²) >= 11 is 0. The lowest BCUT2D eigenvalue weighted by Crippen LogP contribution is -2.54. The van der Waals surface area contributed by atoms with Crippen molar-refractivity contribution < 1.29 is 24.5 Å². The first kappa shape index (κ1) is 19.6. The summed E-state index contributed by atoms with van der Waals surface area (Å²) in [6.07, 6.45) is -2.09. The van der Waals surface area contributed by atoms with Crippen molar-refractivity contribution in [3.63, 3.8) is 0 Å². The third-order valence-electron chi connectivity index (χ3n) is 5.40. The topological polar surface area (TPSA) is 83.8 Å². The fourth-order valence-corrected chi connectivity index (χ4v) is 4.33. The van der Waals surface area contributed by atoms with Gasteiger partial charge in [0.25, 0.3) is 0 Å². The highest BCUT2D eigenvalue weighted by molar-refractivity contribution is 6.04. The first-order valence-electron chi connectivity index (χ1n) is 8.77. The molecule has 4 unspecified atom stereocenters. The molecule has 2 rings (SSSR count). The normalized spacial score (nSPS) is 29.3. The van der Waals surface area contributed by atoms with E-state index in [0.717, 1.165) is 22.3 Å². The van der Waals surface area contributed by atoms with Crippen molar-refractivity contribution in [2.45, 2.75) is 65.6 Å². The van der Waals surface area contributed by atoms with Gasteiger partial charge in [0, 0.05) is 5.92 Å². The highest BCUT2D eigenvalue weighted by Gasteiger charge is 2.57. The maximum absolute atomic E-state index is 12.9. The Hall–Kier alpha value is -1.72. The predicted molar refractivity (Wildman–Crippen MR) is 94.4 cm³/mol. The monoisotopic (exact) mass is 348 g/mol. The highest BCUT2D eigenvalue weighted by atomic mass is 16.5. The number of ketones is 1. The zero-order valence-electron chi connectivity index (χ0n) is 15.6. The lowest BCUT2D eigenvalue weighted by Gasteiger charge is -2.45. The van der Waals surface area contributed by atoms with E-state index in [4.69, 9.17) is 4.74 Å². The SMILES string of the molecule is CCOC(=O)C1(C(C)=O)CC(O)C(O)CC1c1c(C)cc(C)cc1C. The molecule has 0 bridgehead atoms. The molecular formula is C20H28O5. The Morgan fingerprint density at radius 1 is 1.16 bits per heavy atom. The van der Waals surface area contributed by atoms with Gasteiger partial charge in [0.1, 0.15) is 11.2 Å². The molecular weight excluding hydrogens is 320 g/mol. The highest BCUT2D eigenvalue weighted by Crippen LogP contribution is 2.50. The van der Waals surface area contributed by atoms with Crippen LogP contribution in [-0.4, -0.2) is 40.8 Å². The number of aryl methyl sites for hydroxylation is 3.